The molecule has 2 amide bonds. The topological polar surface area (TPSA) is 52.7 Å². The van der Waals surface area contributed by atoms with Gasteiger partial charge in [-0.1, -0.05) is 0 Å². The van der Waals surface area contributed by atoms with Gasteiger partial charge in [0.1, 0.15) is 0 Å². The molecule has 2 heterocycles. The van der Waals surface area contributed by atoms with E-state index in [2.05, 4.69) is 10.2 Å². The van der Waals surface area contributed by atoms with Crippen LogP contribution in [0.5, 0.6) is 0 Å². The average molecular weight is 237 g/mol. The zero-order valence-electron chi connectivity index (χ0n) is 10.0. The van der Waals surface area contributed by atoms with Crippen molar-refractivity contribution in [2.75, 3.05) is 26.2 Å². The van der Waals surface area contributed by atoms with Crippen LogP contribution in [0, 0.1) is 0 Å². The molecule has 2 saturated heterocycles. The molecule has 1 unspecified atom stereocenters. The maximum Gasteiger partial charge on any atom is 0.247 e. The first-order valence-electron chi connectivity index (χ1n) is 6.58. The van der Waals surface area contributed by atoms with Crippen LogP contribution in [-0.4, -0.2) is 59.9 Å². The molecule has 3 aliphatic rings. The Bertz CT molecular complexity index is 333. The van der Waals surface area contributed by atoms with Gasteiger partial charge in [-0.05, 0) is 25.8 Å². The standard InChI is InChI=1S/C12H19N3O2/c16-11-8-10(12(17)15(11)9-2-3-9)14-6-1-4-13-5-7-14/h9-10,13H,1-8H2. The molecule has 5 nitrogen and oxygen atoms in total. The highest BCUT2D eigenvalue weighted by Gasteiger charge is 2.47. The number of carbonyl (C=O) groups is 2. The Kier molecular flexibility index (Phi) is 2.88. The molecular weight excluding hydrogens is 218 g/mol. The summed E-state index contributed by atoms with van der Waals surface area (Å²) in [5.74, 6) is 0.0964. The van der Waals surface area contributed by atoms with Gasteiger partial charge >= 0.3 is 0 Å². The SMILES string of the molecule is O=C1CC(N2CCCNCC2)C(=O)N1C1CC1. The van der Waals surface area contributed by atoms with E-state index in [0.29, 0.717) is 6.42 Å². The lowest BCUT2D eigenvalue weighted by atomic mass is 10.2. The average Bonchev–Trinajstić information content (AvgIpc) is 3.10. The molecule has 0 bridgehead atoms. The zero-order chi connectivity index (χ0) is 11.8. The van der Waals surface area contributed by atoms with Crippen LogP contribution in [0.3, 0.4) is 0 Å². The number of nitrogens with one attached hydrogen (secondary N) is 1. The Balaban J connectivity index is 1.70. The van der Waals surface area contributed by atoms with E-state index >= 15 is 0 Å². The van der Waals surface area contributed by atoms with Gasteiger partial charge in [0.05, 0.1) is 12.5 Å². The largest absolute Gasteiger partial charge is 0.315 e. The first-order chi connectivity index (χ1) is 8.27. The van der Waals surface area contributed by atoms with Crippen molar-refractivity contribution < 1.29 is 9.59 Å². The van der Waals surface area contributed by atoms with Crippen LogP contribution in [0.4, 0.5) is 0 Å². The van der Waals surface area contributed by atoms with Crippen LogP contribution in [0.2, 0.25) is 0 Å². The molecule has 1 saturated carbocycles. The van der Waals surface area contributed by atoms with Gasteiger partial charge < -0.3 is 5.32 Å². The molecule has 0 radical (unpaired) electrons. The molecule has 0 aromatic heterocycles. The number of amides is 2. The van der Waals surface area contributed by atoms with E-state index in [-0.39, 0.29) is 23.9 Å². The van der Waals surface area contributed by atoms with E-state index < -0.39 is 0 Å². The first-order valence-corrected chi connectivity index (χ1v) is 6.58. The second-order valence-corrected chi connectivity index (χ2v) is 5.19. The van der Waals surface area contributed by atoms with E-state index in [1.165, 1.54) is 4.90 Å². The van der Waals surface area contributed by atoms with E-state index in [1.807, 2.05) is 0 Å². The fraction of sp³-hybridized carbons (Fsp3) is 0.833. The minimum Gasteiger partial charge on any atom is -0.315 e. The molecule has 0 aromatic carbocycles. The summed E-state index contributed by atoms with van der Waals surface area (Å²) in [6.45, 7) is 3.73. The second-order valence-electron chi connectivity index (χ2n) is 5.19. The third kappa shape index (κ3) is 2.09. The normalized spacial score (nSPS) is 32.0. The lowest BCUT2D eigenvalue weighted by Crippen LogP contribution is -2.44. The highest BCUT2D eigenvalue weighted by Crippen LogP contribution is 2.32. The van der Waals surface area contributed by atoms with E-state index in [4.69, 9.17) is 0 Å². The maximum atomic E-state index is 12.3. The van der Waals surface area contributed by atoms with Gasteiger partial charge in [0.15, 0.2) is 0 Å². The Morgan fingerprint density at radius 2 is 1.94 bits per heavy atom. The van der Waals surface area contributed by atoms with Gasteiger partial charge in [-0.15, -0.1) is 0 Å². The van der Waals surface area contributed by atoms with Crippen LogP contribution in [0.25, 0.3) is 0 Å². The van der Waals surface area contributed by atoms with Crippen LogP contribution in [0.1, 0.15) is 25.7 Å². The molecule has 3 fully saturated rings. The highest BCUT2D eigenvalue weighted by atomic mass is 16.2. The van der Waals surface area contributed by atoms with E-state index in [0.717, 1.165) is 45.4 Å². The number of hydrogen-bond donors (Lipinski definition) is 1. The summed E-state index contributed by atoms with van der Waals surface area (Å²) in [7, 11) is 0. The third-order valence-corrected chi connectivity index (χ3v) is 3.89. The summed E-state index contributed by atoms with van der Waals surface area (Å²) < 4.78 is 0. The van der Waals surface area contributed by atoms with Crippen molar-refractivity contribution in [2.24, 2.45) is 0 Å². The Labute approximate surface area is 101 Å². The third-order valence-electron chi connectivity index (χ3n) is 3.89. The van der Waals surface area contributed by atoms with Crippen molar-refractivity contribution >= 4 is 11.8 Å². The molecule has 2 aliphatic heterocycles. The summed E-state index contributed by atoms with van der Waals surface area (Å²) in [5, 5.41) is 3.32. The fourth-order valence-electron chi connectivity index (χ4n) is 2.81. The Morgan fingerprint density at radius 1 is 1.12 bits per heavy atom. The quantitative estimate of drug-likeness (QED) is 0.662. The smallest absolute Gasteiger partial charge is 0.247 e. The van der Waals surface area contributed by atoms with Gasteiger partial charge in [-0.25, -0.2) is 0 Å². The second kappa shape index (κ2) is 4.38. The number of rotatable bonds is 2. The van der Waals surface area contributed by atoms with Gasteiger partial charge in [-0.2, -0.15) is 0 Å². The minimum absolute atomic E-state index is 0.0414. The molecule has 17 heavy (non-hydrogen) atoms. The van der Waals surface area contributed by atoms with Crippen molar-refractivity contribution in [1.82, 2.24) is 15.1 Å². The Morgan fingerprint density at radius 3 is 2.71 bits per heavy atom. The van der Waals surface area contributed by atoms with Crippen molar-refractivity contribution in [3.63, 3.8) is 0 Å². The monoisotopic (exact) mass is 237 g/mol. The number of carbonyl (C=O) groups excluding carboxylic acids is 2. The van der Waals surface area contributed by atoms with Crippen LogP contribution in [0.15, 0.2) is 0 Å². The highest BCUT2D eigenvalue weighted by molar-refractivity contribution is 6.06. The summed E-state index contributed by atoms with van der Waals surface area (Å²) in [4.78, 5) is 27.8. The number of imide groups is 1. The fourth-order valence-corrected chi connectivity index (χ4v) is 2.81. The van der Waals surface area contributed by atoms with E-state index in [9.17, 15) is 9.59 Å². The van der Waals surface area contributed by atoms with Crippen LogP contribution < -0.4 is 5.32 Å². The first kappa shape index (κ1) is 11.2. The molecule has 3 rings (SSSR count). The van der Waals surface area contributed by atoms with Crippen LogP contribution in [-0.2, 0) is 9.59 Å². The van der Waals surface area contributed by atoms with Crippen molar-refractivity contribution in [1.29, 1.82) is 0 Å². The van der Waals surface area contributed by atoms with Crippen molar-refractivity contribution in [3.8, 4) is 0 Å². The molecule has 0 aromatic rings. The lowest BCUT2D eigenvalue weighted by Gasteiger charge is -2.25. The molecule has 5 heteroatoms. The van der Waals surface area contributed by atoms with Crippen LogP contribution >= 0.6 is 0 Å². The minimum atomic E-state index is -0.178. The predicted molar refractivity (Wildman–Crippen MR) is 62.3 cm³/mol. The molecule has 0 spiro atoms. The molecule has 94 valence electrons. The van der Waals surface area contributed by atoms with Gasteiger partial charge in [0, 0.05) is 25.7 Å². The molecule has 1 aliphatic carbocycles. The summed E-state index contributed by atoms with van der Waals surface area (Å²) in [5.41, 5.74) is 0. The number of nitrogens with zero attached hydrogens (tertiary/aromatic N) is 2. The molecular formula is C12H19N3O2. The molecule has 1 N–H and O–H groups in total. The number of likely N-dealkylation sites (tertiary alicyclic amines) is 1. The lowest BCUT2D eigenvalue weighted by molar-refractivity contribution is -0.140. The van der Waals surface area contributed by atoms with Crippen molar-refractivity contribution in [3.05, 3.63) is 0 Å². The molecule has 1 atom stereocenters. The summed E-state index contributed by atoms with van der Waals surface area (Å²) >= 11 is 0. The summed E-state index contributed by atoms with van der Waals surface area (Å²) in [6, 6.07) is 0.0492. The van der Waals surface area contributed by atoms with Gasteiger partial charge in [0.25, 0.3) is 0 Å². The van der Waals surface area contributed by atoms with Gasteiger partial charge in [0.2, 0.25) is 11.8 Å². The zero-order valence-corrected chi connectivity index (χ0v) is 10.0. The predicted octanol–water partition coefficient (Wildman–Crippen LogP) is -0.428. The van der Waals surface area contributed by atoms with Gasteiger partial charge in [-0.3, -0.25) is 19.4 Å². The van der Waals surface area contributed by atoms with Crippen molar-refractivity contribution in [2.45, 2.75) is 37.8 Å². The summed E-state index contributed by atoms with van der Waals surface area (Å²) in [6.07, 6.45) is 3.47. The maximum absolute atomic E-state index is 12.3. The Hall–Kier alpha value is -0.940. The number of hydrogen-bond acceptors (Lipinski definition) is 4. The van der Waals surface area contributed by atoms with E-state index in [1.54, 1.807) is 0 Å².